The lowest BCUT2D eigenvalue weighted by atomic mass is 10.1. The SMILES string of the molecule is Cc1ccc(C(=O)N(C)C)cc1NCc1sccc1C. The molecule has 1 amide bonds. The van der Waals surface area contributed by atoms with Crippen molar-refractivity contribution >= 4 is 22.9 Å². The third kappa shape index (κ3) is 3.20. The highest BCUT2D eigenvalue weighted by Gasteiger charge is 2.10. The Morgan fingerprint density at radius 2 is 1.95 bits per heavy atom. The van der Waals surface area contributed by atoms with E-state index in [2.05, 4.69) is 23.7 Å². The Kier molecular flexibility index (Phi) is 4.45. The molecule has 0 radical (unpaired) electrons. The van der Waals surface area contributed by atoms with E-state index in [0.29, 0.717) is 5.56 Å². The first kappa shape index (κ1) is 14.6. The van der Waals surface area contributed by atoms with E-state index in [4.69, 9.17) is 0 Å². The van der Waals surface area contributed by atoms with E-state index < -0.39 is 0 Å². The van der Waals surface area contributed by atoms with Gasteiger partial charge in [0.05, 0.1) is 0 Å². The number of nitrogens with zero attached hydrogens (tertiary/aromatic N) is 1. The summed E-state index contributed by atoms with van der Waals surface area (Å²) in [4.78, 5) is 14.9. The van der Waals surface area contributed by atoms with E-state index in [-0.39, 0.29) is 5.91 Å². The predicted molar refractivity (Wildman–Crippen MR) is 85.6 cm³/mol. The van der Waals surface area contributed by atoms with Gasteiger partial charge in [0.1, 0.15) is 0 Å². The molecule has 106 valence electrons. The summed E-state index contributed by atoms with van der Waals surface area (Å²) in [6, 6.07) is 7.92. The summed E-state index contributed by atoms with van der Waals surface area (Å²) in [6.45, 7) is 4.96. The van der Waals surface area contributed by atoms with E-state index in [1.807, 2.05) is 25.1 Å². The van der Waals surface area contributed by atoms with Crippen LogP contribution in [0.1, 0.15) is 26.4 Å². The van der Waals surface area contributed by atoms with Crippen LogP contribution in [-0.2, 0) is 6.54 Å². The van der Waals surface area contributed by atoms with Crippen molar-refractivity contribution in [1.29, 1.82) is 0 Å². The summed E-state index contributed by atoms with van der Waals surface area (Å²) in [5.41, 5.74) is 4.19. The lowest BCUT2D eigenvalue weighted by Crippen LogP contribution is -2.21. The first-order chi connectivity index (χ1) is 9.49. The molecule has 1 heterocycles. The van der Waals surface area contributed by atoms with Crippen molar-refractivity contribution in [3.63, 3.8) is 0 Å². The zero-order valence-corrected chi connectivity index (χ0v) is 13.2. The van der Waals surface area contributed by atoms with Crippen molar-refractivity contribution in [2.45, 2.75) is 20.4 Å². The summed E-state index contributed by atoms with van der Waals surface area (Å²) in [7, 11) is 3.54. The van der Waals surface area contributed by atoms with Crippen LogP contribution in [0.5, 0.6) is 0 Å². The van der Waals surface area contributed by atoms with E-state index in [0.717, 1.165) is 17.8 Å². The van der Waals surface area contributed by atoms with Gasteiger partial charge in [0.2, 0.25) is 0 Å². The number of nitrogens with one attached hydrogen (secondary N) is 1. The number of thiophene rings is 1. The van der Waals surface area contributed by atoms with Crippen molar-refractivity contribution in [2.75, 3.05) is 19.4 Å². The zero-order valence-electron chi connectivity index (χ0n) is 12.4. The van der Waals surface area contributed by atoms with Crippen LogP contribution in [0.3, 0.4) is 0 Å². The van der Waals surface area contributed by atoms with E-state index >= 15 is 0 Å². The van der Waals surface area contributed by atoms with E-state index in [9.17, 15) is 4.79 Å². The molecule has 0 aliphatic rings. The van der Waals surface area contributed by atoms with Crippen LogP contribution in [0.15, 0.2) is 29.6 Å². The molecule has 20 heavy (non-hydrogen) atoms. The van der Waals surface area contributed by atoms with Crippen molar-refractivity contribution in [2.24, 2.45) is 0 Å². The molecule has 0 saturated carbocycles. The summed E-state index contributed by atoms with van der Waals surface area (Å²) in [5.74, 6) is 0.0281. The second-order valence-corrected chi connectivity index (χ2v) is 6.11. The molecule has 0 saturated heterocycles. The Labute approximate surface area is 124 Å². The van der Waals surface area contributed by atoms with Crippen molar-refractivity contribution in [1.82, 2.24) is 4.90 Å². The molecule has 3 nitrogen and oxygen atoms in total. The maximum absolute atomic E-state index is 12.0. The van der Waals surface area contributed by atoms with Gasteiger partial charge in [-0.25, -0.2) is 0 Å². The van der Waals surface area contributed by atoms with Gasteiger partial charge in [0.15, 0.2) is 0 Å². The molecule has 0 aliphatic carbocycles. The topological polar surface area (TPSA) is 32.3 Å². The average Bonchev–Trinajstić information content (AvgIpc) is 2.82. The number of rotatable bonds is 4. The number of carbonyl (C=O) groups excluding carboxylic acids is 1. The molecular weight excluding hydrogens is 268 g/mol. The third-order valence-corrected chi connectivity index (χ3v) is 4.32. The Morgan fingerprint density at radius 3 is 2.55 bits per heavy atom. The molecular formula is C16H20N2OS. The van der Waals surface area contributed by atoms with Gasteiger partial charge in [-0.1, -0.05) is 6.07 Å². The Balaban J connectivity index is 2.17. The molecule has 1 aromatic carbocycles. The van der Waals surface area contributed by atoms with Gasteiger partial charge in [-0.2, -0.15) is 0 Å². The van der Waals surface area contributed by atoms with Crippen molar-refractivity contribution in [3.8, 4) is 0 Å². The largest absolute Gasteiger partial charge is 0.380 e. The van der Waals surface area contributed by atoms with Crippen LogP contribution in [0.25, 0.3) is 0 Å². The van der Waals surface area contributed by atoms with E-state index in [1.54, 1.807) is 30.3 Å². The van der Waals surface area contributed by atoms with Gasteiger partial charge >= 0.3 is 0 Å². The molecule has 0 bridgehead atoms. The van der Waals surface area contributed by atoms with Crippen molar-refractivity contribution in [3.05, 3.63) is 51.2 Å². The molecule has 1 aromatic heterocycles. The van der Waals surface area contributed by atoms with Gasteiger partial charge in [-0.3, -0.25) is 4.79 Å². The number of amides is 1. The van der Waals surface area contributed by atoms with Crippen molar-refractivity contribution < 1.29 is 4.79 Å². The number of hydrogen-bond donors (Lipinski definition) is 1. The quantitative estimate of drug-likeness (QED) is 0.931. The maximum Gasteiger partial charge on any atom is 0.253 e. The fraction of sp³-hybridized carbons (Fsp3) is 0.312. The fourth-order valence-corrected chi connectivity index (χ4v) is 2.81. The normalized spacial score (nSPS) is 10.4. The fourth-order valence-electron chi connectivity index (χ4n) is 1.96. The highest BCUT2D eigenvalue weighted by molar-refractivity contribution is 7.10. The standard InChI is InChI=1S/C16H20N2OS/c1-11-5-6-13(16(19)18(3)4)9-14(11)17-10-15-12(2)7-8-20-15/h5-9,17H,10H2,1-4H3. The molecule has 0 spiro atoms. The molecule has 2 aromatic rings. The molecule has 0 atom stereocenters. The summed E-state index contributed by atoms with van der Waals surface area (Å²) < 4.78 is 0. The van der Waals surface area contributed by atoms with E-state index in [1.165, 1.54) is 10.4 Å². The monoisotopic (exact) mass is 288 g/mol. The number of anilines is 1. The lowest BCUT2D eigenvalue weighted by Gasteiger charge is -2.14. The molecule has 0 aliphatic heterocycles. The number of benzene rings is 1. The number of aryl methyl sites for hydroxylation is 2. The maximum atomic E-state index is 12.0. The minimum absolute atomic E-state index is 0.0281. The van der Waals surface area contributed by atoms with Crippen LogP contribution in [-0.4, -0.2) is 24.9 Å². The van der Waals surface area contributed by atoms with Crippen LogP contribution in [0.2, 0.25) is 0 Å². The van der Waals surface area contributed by atoms with Gasteiger partial charge in [0, 0.05) is 36.8 Å². The average molecular weight is 288 g/mol. The predicted octanol–water partition coefficient (Wildman–Crippen LogP) is 3.68. The molecule has 0 unspecified atom stereocenters. The lowest BCUT2D eigenvalue weighted by molar-refractivity contribution is 0.0827. The zero-order chi connectivity index (χ0) is 14.7. The summed E-state index contributed by atoms with van der Waals surface area (Å²) >= 11 is 1.75. The minimum Gasteiger partial charge on any atom is -0.380 e. The Bertz CT molecular complexity index is 617. The third-order valence-electron chi connectivity index (χ3n) is 3.30. The second kappa shape index (κ2) is 6.09. The van der Waals surface area contributed by atoms with Gasteiger partial charge in [0.25, 0.3) is 5.91 Å². The number of carbonyl (C=O) groups is 1. The van der Waals surface area contributed by atoms with Crippen LogP contribution >= 0.6 is 11.3 Å². The summed E-state index contributed by atoms with van der Waals surface area (Å²) in [6.07, 6.45) is 0. The van der Waals surface area contributed by atoms with Gasteiger partial charge in [-0.05, 0) is 48.6 Å². The van der Waals surface area contributed by atoms with Crippen LogP contribution in [0, 0.1) is 13.8 Å². The molecule has 2 rings (SSSR count). The first-order valence-electron chi connectivity index (χ1n) is 6.58. The molecule has 4 heteroatoms. The highest BCUT2D eigenvalue weighted by atomic mass is 32.1. The first-order valence-corrected chi connectivity index (χ1v) is 7.46. The van der Waals surface area contributed by atoms with Gasteiger partial charge < -0.3 is 10.2 Å². The Morgan fingerprint density at radius 1 is 1.20 bits per heavy atom. The van der Waals surface area contributed by atoms with Crippen LogP contribution in [0.4, 0.5) is 5.69 Å². The Hall–Kier alpha value is -1.81. The highest BCUT2D eigenvalue weighted by Crippen LogP contribution is 2.21. The number of hydrogen-bond acceptors (Lipinski definition) is 3. The second-order valence-electron chi connectivity index (χ2n) is 5.11. The molecule has 1 N–H and O–H groups in total. The van der Waals surface area contributed by atoms with Crippen LogP contribution < -0.4 is 5.32 Å². The smallest absolute Gasteiger partial charge is 0.253 e. The minimum atomic E-state index is 0.0281. The summed E-state index contributed by atoms with van der Waals surface area (Å²) in [5, 5.41) is 5.53. The van der Waals surface area contributed by atoms with Gasteiger partial charge in [-0.15, -0.1) is 11.3 Å². The molecule has 0 fully saturated rings.